The predicted octanol–water partition coefficient (Wildman–Crippen LogP) is 6.38. The van der Waals surface area contributed by atoms with Crippen molar-refractivity contribution in [3.63, 3.8) is 0 Å². The minimum Gasteiger partial charge on any atom is -0.391 e. The molecule has 0 unspecified atom stereocenters. The summed E-state index contributed by atoms with van der Waals surface area (Å²) in [6.07, 6.45) is 9.43. The number of carbonyl (C=O) groups is 1. The molecule has 1 heterocycles. The van der Waals surface area contributed by atoms with Crippen LogP contribution in [-0.4, -0.2) is 27.7 Å². The minimum atomic E-state index is -0.468. The third-order valence-electron chi connectivity index (χ3n) is 7.03. The number of nitrogens with zero attached hydrogens (tertiary/aromatic N) is 1. The summed E-state index contributed by atoms with van der Waals surface area (Å²) in [7, 11) is 0. The molecular formula is C25H32Cl2N2O2. The summed E-state index contributed by atoms with van der Waals surface area (Å²) < 4.78 is 2.25. The summed E-state index contributed by atoms with van der Waals surface area (Å²) >= 11 is 12.8. The Bertz CT molecular complexity index is 934. The molecular weight excluding hydrogens is 431 g/mol. The van der Waals surface area contributed by atoms with Crippen LogP contribution >= 0.6 is 23.2 Å². The summed E-state index contributed by atoms with van der Waals surface area (Å²) in [5.74, 6) is 0.484. The van der Waals surface area contributed by atoms with Crippen molar-refractivity contribution in [2.24, 2.45) is 5.92 Å². The van der Waals surface area contributed by atoms with E-state index >= 15 is 0 Å². The molecule has 1 amide bonds. The van der Waals surface area contributed by atoms with Gasteiger partial charge in [-0.1, -0.05) is 55.3 Å². The van der Waals surface area contributed by atoms with Crippen LogP contribution in [0.5, 0.6) is 0 Å². The van der Waals surface area contributed by atoms with Crippen LogP contribution in [-0.2, 0) is 6.54 Å². The van der Waals surface area contributed by atoms with E-state index in [1.165, 1.54) is 32.1 Å². The third-order valence-corrected chi connectivity index (χ3v) is 7.59. The van der Waals surface area contributed by atoms with Crippen LogP contribution in [0.25, 0.3) is 11.3 Å². The molecule has 2 atom stereocenters. The van der Waals surface area contributed by atoms with Crippen molar-refractivity contribution >= 4 is 29.1 Å². The van der Waals surface area contributed by atoms with E-state index in [0.29, 0.717) is 21.5 Å². The second kappa shape index (κ2) is 9.97. The Hall–Kier alpha value is -1.49. The van der Waals surface area contributed by atoms with Gasteiger partial charge in [-0.2, -0.15) is 0 Å². The number of aliphatic hydroxyl groups is 1. The molecule has 4 nitrogen and oxygen atoms in total. The first-order chi connectivity index (χ1) is 14.9. The zero-order valence-corrected chi connectivity index (χ0v) is 19.7. The molecule has 4 rings (SSSR count). The van der Waals surface area contributed by atoms with E-state index < -0.39 is 6.10 Å². The Kier molecular flexibility index (Phi) is 7.30. The molecule has 0 saturated heterocycles. The first-order valence-corrected chi connectivity index (χ1v) is 12.3. The molecule has 2 aromatic rings. The first kappa shape index (κ1) is 22.7. The highest BCUT2D eigenvalue weighted by atomic mass is 35.5. The predicted molar refractivity (Wildman–Crippen MR) is 127 cm³/mol. The maximum absolute atomic E-state index is 13.2. The highest BCUT2D eigenvalue weighted by molar-refractivity contribution is 6.35. The number of hydrogen-bond acceptors (Lipinski definition) is 2. The number of halogens is 2. The molecule has 1 aromatic carbocycles. The molecule has 6 heteroatoms. The molecule has 2 saturated carbocycles. The van der Waals surface area contributed by atoms with Crippen LogP contribution in [0.15, 0.2) is 24.3 Å². The number of carbonyl (C=O) groups excluding carboxylic acids is 1. The van der Waals surface area contributed by atoms with E-state index in [4.69, 9.17) is 23.2 Å². The highest BCUT2D eigenvalue weighted by Crippen LogP contribution is 2.36. The minimum absolute atomic E-state index is 0.120. The van der Waals surface area contributed by atoms with E-state index in [1.54, 1.807) is 6.07 Å². The molecule has 0 radical (unpaired) electrons. The number of aromatic nitrogens is 1. The quantitative estimate of drug-likeness (QED) is 0.540. The van der Waals surface area contributed by atoms with Crippen molar-refractivity contribution in [1.82, 2.24) is 9.88 Å². The SMILES string of the molecule is Cc1c(C(=O)N[C@H]2CCCC[C@H]2O)cc(-c2cc(Cl)ccc2Cl)n1CC1CCCCC1. The number of aliphatic hydroxyl groups excluding tert-OH is 1. The molecule has 1 aromatic heterocycles. The molecule has 2 aliphatic rings. The molecule has 2 fully saturated rings. The number of nitrogens with one attached hydrogen (secondary N) is 1. The summed E-state index contributed by atoms with van der Waals surface area (Å²) in [6, 6.07) is 7.24. The topological polar surface area (TPSA) is 54.3 Å². The van der Waals surface area contributed by atoms with Crippen molar-refractivity contribution < 1.29 is 9.90 Å². The normalized spacial score (nSPS) is 22.5. The lowest BCUT2D eigenvalue weighted by atomic mass is 9.89. The summed E-state index contributed by atoms with van der Waals surface area (Å²) in [4.78, 5) is 13.2. The molecule has 0 spiro atoms. The first-order valence-electron chi connectivity index (χ1n) is 11.6. The van der Waals surface area contributed by atoms with Gasteiger partial charge in [0.2, 0.25) is 0 Å². The fraction of sp³-hybridized carbons (Fsp3) is 0.560. The van der Waals surface area contributed by atoms with Crippen molar-refractivity contribution in [3.05, 3.63) is 45.6 Å². The number of hydrogen-bond donors (Lipinski definition) is 2. The average molecular weight is 463 g/mol. The largest absolute Gasteiger partial charge is 0.391 e. The molecule has 168 valence electrons. The van der Waals surface area contributed by atoms with Gasteiger partial charge in [0, 0.05) is 27.8 Å². The fourth-order valence-electron chi connectivity index (χ4n) is 5.18. The lowest BCUT2D eigenvalue weighted by Crippen LogP contribution is -2.45. The van der Waals surface area contributed by atoms with Crippen molar-refractivity contribution in [3.8, 4) is 11.3 Å². The van der Waals surface area contributed by atoms with Gasteiger partial charge in [0.25, 0.3) is 5.91 Å². The van der Waals surface area contributed by atoms with Gasteiger partial charge in [0.15, 0.2) is 0 Å². The molecule has 31 heavy (non-hydrogen) atoms. The van der Waals surface area contributed by atoms with Crippen LogP contribution in [0, 0.1) is 12.8 Å². The Morgan fingerprint density at radius 1 is 1.06 bits per heavy atom. The van der Waals surface area contributed by atoms with Gasteiger partial charge in [-0.3, -0.25) is 4.79 Å². The van der Waals surface area contributed by atoms with Crippen LogP contribution in [0.2, 0.25) is 10.0 Å². The average Bonchev–Trinajstić information content (AvgIpc) is 3.08. The summed E-state index contributed by atoms with van der Waals surface area (Å²) in [5.41, 5.74) is 3.38. The second-order valence-corrected chi connectivity index (χ2v) is 10.0. The highest BCUT2D eigenvalue weighted by Gasteiger charge is 2.28. The number of amides is 1. The van der Waals surface area contributed by atoms with E-state index in [1.807, 2.05) is 25.1 Å². The van der Waals surface area contributed by atoms with E-state index in [2.05, 4.69) is 9.88 Å². The van der Waals surface area contributed by atoms with Crippen LogP contribution in [0.1, 0.15) is 73.8 Å². The second-order valence-electron chi connectivity index (χ2n) is 9.20. The van der Waals surface area contributed by atoms with E-state index in [0.717, 1.165) is 49.2 Å². The molecule has 0 bridgehead atoms. The van der Waals surface area contributed by atoms with Crippen LogP contribution < -0.4 is 5.32 Å². The molecule has 0 aliphatic heterocycles. The third kappa shape index (κ3) is 5.13. The van der Waals surface area contributed by atoms with Crippen molar-refractivity contribution in [2.45, 2.75) is 83.4 Å². The Balaban J connectivity index is 1.68. The fourth-order valence-corrected chi connectivity index (χ4v) is 5.57. The molecule has 2 aliphatic carbocycles. The van der Waals surface area contributed by atoms with Gasteiger partial charge in [0.1, 0.15) is 0 Å². The summed E-state index contributed by atoms with van der Waals surface area (Å²) in [6.45, 7) is 2.89. The van der Waals surface area contributed by atoms with Gasteiger partial charge < -0.3 is 15.0 Å². The monoisotopic (exact) mass is 462 g/mol. The zero-order chi connectivity index (χ0) is 22.0. The summed E-state index contributed by atoms with van der Waals surface area (Å²) in [5, 5.41) is 14.6. The molecule has 2 N–H and O–H groups in total. The van der Waals surface area contributed by atoms with Gasteiger partial charge in [-0.25, -0.2) is 0 Å². The maximum atomic E-state index is 13.2. The standard InChI is InChI=1S/C25H32Cl2N2O2/c1-16-19(25(31)28-22-9-5-6-10-24(22)30)14-23(20-13-18(26)11-12-21(20)27)29(16)15-17-7-3-2-4-8-17/h11-14,17,22,24,30H,2-10,15H2,1H3,(H,28,31)/t22-,24+/m0/s1. The Morgan fingerprint density at radius 2 is 1.77 bits per heavy atom. The van der Waals surface area contributed by atoms with Crippen LogP contribution in [0.4, 0.5) is 0 Å². The lowest BCUT2D eigenvalue weighted by molar-refractivity contribution is 0.0716. The number of benzene rings is 1. The van der Waals surface area contributed by atoms with Crippen LogP contribution in [0.3, 0.4) is 0 Å². The van der Waals surface area contributed by atoms with Crippen molar-refractivity contribution in [1.29, 1.82) is 0 Å². The zero-order valence-electron chi connectivity index (χ0n) is 18.2. The lowest BCUT2D eigenvalue weighted by Gasteiger charge is -2.28. The van der Waals surface area contributed by atoms with E-state index in [9.17, 15) is 9.90 Å². The van der Waals surface area contributed by atoms with Gasteiger partial charge in [-0.15, -0.1) is 0 Å². The van der Waals surface area contributed by atoms with Gasteiger partial charge in [0.05, 0.1) is 23.4 Å². The van der Waals surface area contributed by atoms with E-state index in [-0.39, 0.29) is 11.9 Å². The van der Waals surface area contributed by atoms with Gasteiger partial charge >= 0.3 is 0 Å². The smallest absolute Gasteiger partial charge is 0.253 e. The van der Waals surface area contributed by atoms with Crippen molar-refractivity contribution in [2.75, 3.05) is 0 Å². The Morgan fingerprint density at radius 3 is 2.52 bits per heavy atom. The van der Waals surface area contributed by atoms with Gasteiger partial charge in [-0.05, 0) is 62.8 Å². The number of rotatable bonds is 5. The Labute approximate surface area is 194 Å². The maximum Gasteiger partial charge on any atom is 0.253 e.